The molecule has 1 unspecified atom stereocenters. The molecule has 0 saturated heterocycles. The summed E-state index contributed by atoms with van der Waals surface area (Å²) in [6.45, 7) is 1.45. The first-order valence-electron chi connectivity index (χ1n) is 5.44. The van der Waals surface area contributed by atoms with E-state index in [4.69, 9.17) is 21.4 Å². The normalized spacial score (nSPS) is 12.7. The van der Waals surface area contributed by atoms with Gasteiger partial charge < -0.3 is 15.2 Å². The Labute approximate surface area is 115 Å². The summed E-state index contributed by atoms with van der Waals surface area (Å²) in [5.74, 6) is 0. The van der Waals surface area contributed by atoms with Crippen LogP contribution in [0.15, 0.2) is 22.7 Å². The Morgan fingerprint density at radius 2 is 2.29 bits per heavy atom. The van der Waals surface area contributed by atoms with Gasteiger partial charge in [-0.15, -0.1) is 0 Å². The van der Waals surface area contributed by atoms with E-state index >= 15 is 0 Å². The lowest BCUT2D eigenvalue weighted by Crippen LogP contribution is -2.33. The Morgan fingerprint density at radius 1 is 1.53 bits per heavy atom. The minimum atomic E-state index is 0.155. The number of hydrogen-bond donors (Lipinski definition) is 2. The molecule has 1 atom stereocenters. The third kappa shape index (κ3) is 5.36. The molecule has 2 N–H and O–H groups in total. The maximum Gasteiger partial charge on any atom is 0.0616 e. The molecule has 0 aliphatic rings. The molecule has 0 saturated carbocycles. The summed E-state index contributed by atoms with van der Waals surface area (Å²) < 4.78 is 5.98. The van der Waals surface area contributed by atoms with Crippen LogP contribution in [0.4, 0.5) is 0 Å². The van der Waals surface area contributed by atoms with Gasteiger partial charge in [0, 0.05) is 30.8 Å². The van der Waals surface area contributed by atoms with Gasteiger partial charge in [0.1, 0.15) is 0 Å². The molecule has 0 fully saturated rings. The van der Waals surface area contributed by atoms with Crippen LogP contribution >= 0.6 is 27.5 Å². The highest BCUT2D eigenvalue weighted by Gasteiger charge is 2.07. The fourth-order valence-corrected chi connectivity index (χ4v) is 1.96. The molecule has 1 aromatic rings. The number of hydrogen-bond acceptors (Lipinski definition) is 3. The zero-order valence-electron chi connectivity index (χ0n) is 9.75. The van der Waals surface area contributed by atoms with Gasteiger partial charge in [0.15, 0.2) is 0 Å². The van der Waals surface area contributed by atoms with E-state index in [1.807, 2.05) is 18.2 Å². The Bertz CT molecular complexity index is 343. The zero-order chi connectivity index (χ0) is 12.7. The summed E-state index contributed by atoms with van der Waals surface area (Å²) in [7, 11) is 1.66. The molecular weight excluding hydrogens is 305 g/mol. The molecule has 0 aliphatic heterocycles. The third-order valence-corrected chi connectivity index (χ3v) is 3.66. The zero-order valence-corrected chi connectivity index (χ0v) is 12.1. The number of aliphatic hydroxyl groups excluding tert-OH is 1. The second-order valence-electron chi connectivity index (χ2n) is 3.79. The number of ether oxygens (including phenoxy) is 1. The highest BCUT2D eigenvalue weighted by Crippen LogP contribution is 2.23. The minimum absolute atomic E-state index is 0.155. The fourth-order valence-electron chi connectivity index (χ4n) is 1.51. The number of benzene rings is 1. The van der Waals surface area contributed by atoms with Gasteiger partial charge in [0.25, 0.3) is 0 Å². The highest BCUT2D eigenvalue weighted by molar-refractivity contribution is 9.10. The van der Waals surface area contributed by atoms with Crippen LogP contribution in [0, 0.1) is 0 Å². The molecule has 3 nitrogen and oxygen atoms in total. The van der Waals surface area contributed by atoms with E-state index in [2.05, 4.69) is 21.2 Å². The monoisotopic (exact) mass is 321 g/mol. The van der Waals surface area contributed by atoms with Gasteiger partial charge in [0.05, 0.1) is 11.6 Å². The van der Waals surface area contributed by atoms with Crippen molar-refractivity contribution in [2.24, 2.45) is 0 Å². The lowest BCUT2D eigenvalue weighted by atomic mass is 10.2. The van der Waals surface area contributed by atoms with Crippen LogP contribution in [0.25, 0.3) is 0 Å². The summed E-state index contributed by atoms with van der Waals surface area (Å²) >= 11 is 9.37. The van der Waals surface area contributed by atoms with Gasteiger partial charge in [-0.25, -0.2) is 0 Å². The molecule has 0 bridgehead atoms. The fraction of sp³-hybridized carbons (Fsp3) is 0.500. The smallest absolute Gasteiger partial charge is 0.0616 e. The Kier molecular flexibility index (Phi) is 7.08. The van der Waals surface area contributed by atoms with Gasteiger partial charge >= 0.3 is 0 Å². The number of nitrogens with one attached hydrogen (secondary N) is 1. The maximum atomic E-state index is 8.92. The van der Waals surface area contributed by atoms with Crippen molar-refractivity contribution < 1.29 is 9.84 Å². The van der Waals surface area contributed by atoms with E-state index in [1.54, 1.807) is 7.11 Å². The Morgan fingerprint density at radius 3 is 2.88 bits per heavy atom. The second kappa shape index (κ2) is 8.06. The SMILES string of the molecule is COCC(CCO)NCc1ccc(Br)c(Cl)c1. The lowest BCUT2D eigenvalue weighted by Gasteiger charge is -2.17. The van der Waals surface area contributed by atoms with Gasteiger partial charge in [-0.2, -0.15) is 0 Å². The van der Waals surface area contributed by atoms with Crippen LogP contribution in [0.3, 0.4) is 0 Å². The lowest BCUT2D eigenvalue weighted by molar-refractivity contribution is 0.148. The Balaban J connectivity index is 2.49. The first-order chi connectivity index (χ1) is 8.17. The van der Waals surface area contributed by atoms with Crippen LogP contribution in [0.5, 0.6) is 0 Å². The summed E-state index contributed by atoms with van der Waals surface area (Å²) in [5.41, 5.74) is 1.11. The van der Waals surface area contributed by atoms with Crippen molar-refractivity contribution in [3.63, 3.8) is 0 Å². The molecular formula is C12H17BrClNO2. The van der Waals surface area contributed by atoms with E-state index in [1.165, 1.54) is 0 Å². The quantitative estimate of drug-likeness (QED) is 0.811. The predicted octanol–water partition coefficient (Wildman–Crippen LogP) is 2.59. The number of rotatable bonds is 7. The molecule has 17 heavy (non-hydrogen) atoms. The number of aliphatic hydroxyl groups is 1. The Hall–Kier alpha value is -0.130. The van der Waals surface area contributed by atoms with Crippen molar-refractivity contribution in [2.45, 2.75) is 19.0 Å². The summed E-state index contributed by atoms with van der Waals surface area (Å²) in [4.78, 5) is 0. The summed E-state index contributed by atoms with van der Waals surface area (Å²) in [5, 5.41) is 12.9. The molecule has 0 heterocycles. The highest BCUT2D eigenvalue weighted by atomic mass is 79.9. The van der Waals surface area contributed by atoms with Crippen molar-refractivity contribution in [1.29, 1.82) is 0 Å². The van der Waals surface area contributed by atoms with E-state index < -0.39 is 0 Å². The summed E-state index contributed by atoms with van der Waals surface area (Å²) in [6, 6.07) is 6.01. The first kappa shape index (κ1) is 14.9. The molecule has 0 amide bonds. The maximum absolute atomic E-state index is 8.92. The topological polar surface area (TPSA) is 41.5 Å². The van der Waals surface area contributed by atoms with Crippen molar-refractivity contribution in [2.75, 3.05) is 20.3 Å². The van der Waals surface area contributed by atoms with Crippen LogP contribution < -0.4 is 5.32 Å². The van der Waals surface area contributed by atoms with Crippen LogP contribution in [-0.2, 0) is 11.3 Å². The molecule has 0 spiro atoms. The van der Waals surface area contributed by atoms with Gasteiger partial charge in [-0.3, -0.25) is 0 Å². The van der Waals surface area contributed by atoms with E-state index in [9.17, 15) is 0 Å². The average molecular weight is 323 g/mol. The largest absolute Gasteiger partial charge is 0.396 e. The number of methoxy groups -OCH3 is 1. The van der Waals surface area contributed by atoms with Crippen LogP contribution in [0.1, 0.15) is 12.0 Å². The van der Waals surface area contributed by atoms with E-state index in [-0.39, 0.29) is 12.6 Å². The average Bonchev–Trinajstić information content (AvgIpc) is 2.31. The molecule has 0 aromatic heterocycles. The van der Waals surface area contributed by atoms with E-state index in [0.717, 1.165) is 10.0 Å². The summed E-state index contributed by atoms with van der Waals surface area (Å²) in [6.07, 6.45) is 0.679. The van der Waals surface area contributed by atoms with Gasteiger partial charge in [-0.05, 0) is 40.0 Å². The second-order valence-corrected chi connectivity index (χ2v) is 5.06. The van der Waals surface area contributed by atoms with Crippen LogP contribution in [-0.4, -0.2) is 31.5 Å². The minimum Gasteiger partial charge on any atom is -0.396 e. The van der Waals surface area contributed by atoms with Crippen molar-refractivity contribution in [3.05, 3.63) is 33.3 Å². The van der Waals surface area contributed by atoms with Crippen molar-refractivity contribution >= 4 is 27.5 Å². The van der Waals surface area contributed by atoms with Crippen molar-refractivity contribution in [1.82, 2.24) is 5.32 Å². The molecule has 0 radical (unpaired) electrons. The molecule has 96 valence electrons. The standard InChI is InChI=1S/C12H17BrClNO2/c1-17-8-10(4-5-16)15-7-9-2-3-11(13)12(14)6-9/h2-3,6,10,15-16H,4-5,7-8H2,1H3. The molecule has 0 aliphatic carbocycles. The molecule has 1 aromatic carbocycles. The van der Waals surface area contributed by atoms with Gasteiger partial charge in [0.2, 0.25) is 0 Å². The number of halogens is 2. The predicted molar refractivity (Wildman–Crippen MR) is 73.4 cm³/mol. The molecule has 1 rings (SSSR count). The van der Waals surface area contributed by atoms with Crippen LogP contribution in [0.2, 0.25) is 5.02 Å². The van der Waals surface area contributed by atoms with E-state index in [0.29, 0.717) is 24.6 Å². The molecule has 5 heteroatoms. The first-order valence-corrected chi connectivity index (χ1v) is 6.61. The van der Waals surface area contributed by atoms with Crippen molar-refractivity contribution in [3.8, 4) is 0 Å². The van der Waals surface area contributed by atoms with Gasteiger partial charge in [-0.1, -0.05) is 17.7 Å². The third-order valence-electron chi connectivity index (χ3n) is 2.42.